The van der Waals surface area contributed by atoms with E-state index in [0.29, 0.717) is 41.4 Å². The van der Waals surface area contributed by atoms with E-state index in [1.807, 2.05) is 46.0 Å². The van der Waals surface area contributed by atoms with Gasteiger partial charge in [0.1, 0.15) is 0 Å². The maximum atomic E-state index is 14.6. The maximum absolute atomic E-state index is 14.6. The van der Waals surface area contributed by atoms with Crippen LogP contribution in [0.1, 0.15) is 54.9 Å². The van der Waals surface area contributed by atoms with Crippen LogP contribution < -0.4 is 10.9 Å². The number of aryl methyl sites for hydroxylation is 2. The van der Waals surface area contributed by atoms with Crippen molar-refractivity contribution >= 4 is 17.5 Å². The first-order valence-corrected chi connectivity index (χ1v) is 14.9. The van der Waals surface area contributed by atoms with E-state index in [9.17, 15) is 9.59 Å². The third kappa shape index (κ3) is 5.88. The molecule has 0 saturated carbocycles. The minimum absolute atomic E-state index is 0.0405. The van der Waals surface area contributed by atoms with Crippen molar-refractivity contribution in [1.29, 1.82) is 0 Å². The van der Waals surface area contributed by atoms with Crippen LogP contribution in [0.15, 0.2) is 65.6 Å². The van der Waals surface area contributed by atoms with Crippen LogP contribution in [0.25, 0.3) is 22.6 Å². The van der Waals surface area contributed by atoms with Crippen molar-refractivity contribution in [3.63, 3.8) is 0 Å². The quantitative estimate of drug-likeness (QED) is 0.294. The van der Waals surface area contributed by atoms with E-state index in [1.54, 1.807) is 10.7 Å². The van der Waals surface area contributed by atoms with Crippen molar-refractivity contribution in [3.8, 4) is 22.6 Å². The van der Waals surface area contributed by atoms with Crippen LogP contribution in [0.4, 0.5) is 0 Å². The van der Waals surface area contributed by atoms with Gasteiger partial charge in [0, 0.05) is 43.1 Å². The van der Waals surface area contributed by atoms with Crippen LogP contribution in [0.2, 0.25) is 5.02 Å². The van der Waals surface area contributed by atoms with Crippen LogP contribution in [0.3, 0.4) is 0 Å². The van der Waals surface area contributed by atoms with Crippen LogP contribution >= 0.6 is 11.6 Å². The first-order valence-electron chi connectivity index (χ1n) is 14.5. The number of para-hydroxylation sites is 1. The molecular formula is C33H38ClN5O2. The van der Waals surface area contributed by atoms with Gasteiger partial charge in [-0.05, 0) is 72.7 Å². The van der Waals surface area contributed by atoms with Gasteiger partial charge in [0.15, 0.2) is 0 Å². The van der Waals surface area contributed by atoms with Gasteiger partial charge in [-0.2, -0.15) is 5.10 Å². The molecule has 214 valence electrons. The molecule has 7 nitrogen and oxygen atoms in total. The highest BCUT2D eigenvalue weighted by Crippen LogP contribution is 2.28. The van der Waals surface area contributed by atoms with Gasteiger partial charge in [0.2, 0.25) is 0 Å². The van der Waals surface area contributed by atoms with Crippen LogP contribution in [-0.2, 0) is 19.3 Å². The van der Waals surface area contributed by atoms with Crippen LogP contribution in [-0.4, -0.2) is 51.3 Å². The van der Waals surface area contributed by atoms with E-state index in [0.717, 1.165) is 54.1 Å². The van der Waals surface area contributed by atoms with Gasteiger partial charge in [0.05, 0.1) is 28.2 Å². The summed E-state index contributed by atoms with van der Waals surface area (Å²) in [5, 5.41) is 8.76. The third-order valence-corrected chi connectivity index (χ3v) is 7.94. The van der Waals surface area contributed by atoms with Crippen molar-refractivity contribution < 1.29 is 4.79 Å². The first-order chi connectivity index (χ1) is 19.8. The predicted molar refractivity (Wildman–Crippen MR) is 166 cm³/mol. The molecule has 3 heterocycles. The monoisotopic (exact) mass is 571 g/mol. The van der Waals surface area contributed by atoms with Gasteiger partial charge < -0.3 is 10.2 Å². The molecular weight excluding hydrogens is 534 g/mol. The Morgan fingerprint density at radius 3 is 2.27 bits per heavy atom. The lowest BCUT2D eigenvalue weighted by Gasteiger charge is -2.30. The SMILES string of the molecule is CCc1cccc(CC)c1-n1c(CC(C)C)c(C(=O)N2CCNCC2)cc(-c2ccn(-c3ccc(Cl)cc3)n2)c1=O. The van der Waals surface area contributed by atoms with Gasteiger partial charge in [0.25, 0.3) is 11.5 Å². The number of pyridine rings is 1. The Labute approximate surface area is 246 Å². The number of halogens is 1. The smallest absolute Gasteiger partial charge is 0.264 e. The first kappa shape index (κ1) is 28.8. The molecule has 0 bridgehead atoms. The lowest BCUT2D eigenvalue weighted by Crippen LogP contribution is -2.47. The number of carbonyl (C=O) groups excluding carboxylic acids is 1. The van der Waals surface area contributed by atoms with E-state index >= 15 is 0 Å². The van der Waals surface area contributed by atoms with Crippen LogP contribution in [0.5, 0.6) is 0 Å². The largest absolute Gasteiger partial charge is 0.336 e. The molecule has 1 aliphatic rings. The summed E-state index contributed by atoms with van der Waals surface area (Å²) in [5.74, 6) is 0.199. The average Bonchev–Trinajstić information content (AvgIpc) is 3.47. The minimum Gasteiger partial charge on any atom is -0.336 e. The van der Waals surface area contributed by atoms with E-state index < -0.39 is 0 Å². The lowest BCUT2D eigenvalue weighted by atomic mass is 9.96. The van der Waals surface area contributed by atoms with E-state index in [4.69, 9.17) is 16.7 Å². The van der Waals surface area contributed by atoms with Crippen LogP contribution in [0, 0.1) is 5.92 Å². The number of carbonyl (C=O) groups is 1. The molecule has 0 spiro atoms. The van der Waals surface area contributed by atoms with Crippen molar-refractivity contribution in [2.24, 2.45) is 5.92 Å². The Morgan fingerprint density at radius 1 is 1.00 bits per heavy atom. The summed E-state index contributed by atoms with van der Waals surface area (Å²) in [6.45, 7) is 11.2. The Hall–Kier alpha value is -3.68. The third-order valence-electron chi connectivity index (χ3n) is 7.68. The summed E-state index contributed by atoms with van der Waals surface area (Å²) in [6, 6.07) is 17.2. The molecule has 41 heavy (non-hydrogen) atoms. The second kappa shape index (κ2) is 12.5. The van der Waals surface area contributed by atoms with Crippen molar-refractivity contribution in [1.82, 2.24) is 24.6 Å². The number of rotatable bonds is 8. The molecule has 8 heteroatoms. The van der Waals surface area contributed by atoms with E-state index in [2.05, 4.69) is 51.2 Å². The summed E-state index contributed by atoms with van der Waals surface area (Å²) < 4.78 is 3.57. The van der Waals surface area contributed by atoms with Crippen molar-refractivity contribution in [2.75, 3.05) is 26.2 Å². The van der Waals surface area contributed by atoms with Crippen molar-refractivity contribution in [3.05, 3.63) is 98.6 Å². The Kier molecular flexibility index (Phi) is 8.76. The number of nitrogens with zero attached hydrogens (tertiary/aromatic N) is 4. The second-order valence-electron chi connectivity index (χ2n) is 11.0. The zero-order valence-corrected chi connectivity index (χ0v) is 25.0. The summed E-state index contributed by atoms with van der Waals surface area (Å²) in [5.41, 5.74) is 6.02. The molecule has 0 unspecified atom stereocenters. The summed E-state index contributed by atoms with van der Waals surface area (Å²) in [7, 11) is 0. The predicted octanol–water partition coefficient (Wildman–Crippen LogP) is 5.71. The van der Waals surface area contributed by atoms with Gasteiger partial charge in [-0.15, -0.1) is 0 Å². The molecule has 2 aromatic carbocycles. The van der Waals surface area contributed by atoms with Crippen molar-refractivity contribution in [2.45, 2.75) is 47.0 Å². The molecule has 4 aromatic rings. The lowest BCUT2D eigenvalue weighted by molar-refractivity contribution is 0.0733. The molecule has 1 N–H and O–H groups in total. The summed E-state index contributed by atoms with van der Waals surface area (Å²) >= 11 is 6.09. The van der Waals surface area contributed by atoms with Gasteiger partial charge in [-0.1, -0.05) is 57.5 Å². The minimum atomic E-state index is -0.158. The number of benzene rings is 2. The fourth-order valence-corrected chi connectivity index (χ4v) is 5.72. The zero-order chi connectivity index (χ0) is 29.1. The molecule has 0 aliphatic carbocycles. The topological polar surface area (TPSA) is 72.2 Å². The highest BCUT2D eigenvalue weighted by molar-refractivity contribution is 6.30. The number of hydrogen-bond donors (Lipinski definition) is 1. The second-order valence-corrected chi connectivity index (χ2v) is 11.4. The molecule has 1 fully saturated rings. The number of hydrogen-bond acceptors (Lipinski definition) is 4. The average molecular weight is 572 g/mol. The molecule has 1 saturated heterocycles. The fourth-order valence-electron chi connectivity index (χ4n) is 5.59. The molecule has 1 aliphatic heterocycles. The Morgan fingerprint density at radius 2 is 1.66 bits per heavy atom. The molecule has 0 radical (unpaired) electrons. The number of nitrogens with one attached hydrogen (secondary N) is 1. The standard InChI is InChI=1S/C33H38ClN5O2/c1-5-23-8-7-9-24(6-2)31(23)39-30(20-22(3)4)28(32(40)37-18-15-35-16-19-37)21-27(33(39)41)29-14-17-38(36-29)26-12-10-25(34)11-13-26/h7-14,17,21-22,35H,5-6,15-16,18-20H2,1-4H3. The number of aromatic nitrogens is 3. The fraction of sp³-hybridized carbons (Fsp3) is 0.364. The maximum Gasteiger partial charge on any atom is 0.264 e. The van der Waals surface area contributed by atoms with E-state index in [-0.39, 0.29) is 17.4 Å². The molecule has 2 aromatic heterocycles. The molecule has 5 rings (SSSR count). The Bertz CT molecular complexity index is 1570. The summed E-state index contributed by atoms with van der Waals surface area (Å²) in [4.78, 5) is 30.7. The number of piperazine rings is 1. The normalized spacial score (nSPS) is 13.7. The number of amides is 1. The highest BCUT2D eigenvalue weighted by Gasteiger charge is 2.28. The molecule has 0 atom stereocenters. The molecule has 1 amide bonds. The van der Waals surface area contributed by atoms with E-state index in [1.165, 1.54) is 0 Å². The van der Waals surface area contributed by atoms with Gasteiger partial charge in [-0.3, -0.25) is 14.2 Å². The van der Waals surface area contributed by atoms with Gasteiger partial charge in [-0.25, -0.2) is 4.68 Å². The highest BCUT2D eigenvalue weighted by atomic mass is 35.5. The Balaban J connectivity index is 1.80. The zero-order valence-electron chi connectivity index (χ0n) is 24.3. The van der Waals surface area contributed by atoms with Gasteiger partial charge >= 0.3 is 0 Å². The summed E-state index contributed by atoms with van der Waals surface area (Å²) in [6.07, 6.45) is 3.98.